The van der Waals surface area contributed by atoms with Gasteiger partial charge in [-0.2, -0.15) is 0 Å². The number of hydrogen-bond acceptors (Lipinski definition) is 5. The number of hydrogen-bond donors (Lipinski definition) is 1. The van der Waals surface area contributed by atoms with Crippen LogP contribution in [0, 0.1) is 5.82 Å². The molecule has 0 spiro atoms. The molecule has 0 aliphatic carbocycles. The number of benzene rings is 3. The molecule has 5 nitrogen and oxygen atoms in total. The van der Waals surface area contributed by atoms with Crippen molar-refractivity contribution in [3.8, 4) is 21.7 Å². The van der Waals surface area contributed by atoms with Gasteiger partial charge in [0.15, 0.2) is 14.8 Å². The lowest BCUT2D eigenvalue weighted by Crippen LogP contribution is -2.11. The van der Waals surface area contributed by atoms with Gasteiger partial charge in [0.2, 0.25) is 0 Å². The SMILES string of the molecule is CS(=O)(=O)c1ccc(-c2nc(C(=O)Nc3cccc(Cl)c3)sc2-c2ccc(F)cc2)cc1. The summed E-state index contributed by atoms with van der Waals surface area (Å²) in [5.74, 6) is -0.795. The molecule has 4 rings (SSSR count). The van der Waals surface area contributed by atoms with Gasteiger partial charge in [0.25, 0.3) is 5.91 Å². The molecule has 0 saturated carbocycles. The molecule has 9 heteroatoms. The van der Waals surface area contributed by atoms with Crippen molar-refractivity contribution in [2.24, 2.45) is 0 Å². The Labute approximate surface area is 193 Å². The molecule has 0 bridgehead atoms. The number of nitrogens with one attached hydrogen (secondary N) is 1. The van der Waals surface area contributed by atoms with Gasteiger partial charge in [0.1, 0.15) is 5.82 Å². The molecule has 0 atom stereocenters. The quantitative estimate of drug-likeness (QED) is 0.379. The first-order valence-electron chi connectivity index (χ1n) is 9.35. The van der Waals surface area contributed by atoms with E-state index >= 15 is 0 Å². The van der Waals surface area contributed by atoms with E-state index in [0.717, 1.165) is 17.6 Å². The molecule has 0 saturated heterocycles. The van der Waals surface area contributed by atoms with Crippen molar-refractivity contribution in [1.29, 1.82) is 0 Å². The number of carbonyl (C=O) groups excluding carboxylic acids is 1. The van der Waals surface area contributed by atoms with Gasteiger partial charge in [0, 0.05) is 22.5 Å². The number of halogens is 2. The third-order valence-corrected chi connectivity index (χ3v) is 7.03. The van der Waals surface area contributed by atoms with Crippen molar-refractivity contribution < 1.29 is 17.6 Å². The minimum absolute atomic E-state index is 0.179. The number of aromatic nitrogens is 1. The molecular weight excluding hydrogens is 471 g/mol. The zero-order chi connectivity index (χ0) is 22.9. The Balaban J connectivity index is 1.76. The topological polar surface area (TPSA) is 76.1 Å². The van der Waals surface area contributed by atoms with Crippen LogP contribution < -0.4 is 5.32 Å². The first-order chi connectivity index (χ1) is 15.2. The number of amides is 1. The molecule has 1 aromatic heterocycles. The van der Waals surface area contributed by atoms with Crippen molar-refractivity contribution in [3.05, 3.63) is 88.6 Å². The van der Waals surface area contributed by atoms with Crippen LogP contribution in [0.1, 0.15) is 9.80 Å². The van der Waals surface area contributed by atoms with Crippen LogP contribution in [0.4, 0.5) is 10.1 Å². The van der Waals surface area contributed by atoms with E-state index in [0.29, 0.717) is 32.4 Å². The van der Waals surface area contributed by atoms with E-state index in [-0.39, 0.29) is 15.7 Å². The molecule has 0 radical (unpaired) electrons. The Morgan fingerprint density at radius 3 is 2.28 bits per heavy atom. The molecule has 0 fully saturated rings. The summed E-state index contributed by atoms with van der Waals surface area (Å²) in [4.78, 5) is 18.2. The summed E-state index contributed by atoms with van der Waals surface area (Å²) in [6, 6.07) is 18.9. The average molecular weight is 487 g/mol. The first-order valence-corrected chi connectivity index (χ1v) is 12.4. The third kappa shape index (κ3) is 4.88. The number of carbonyl (C=O) groups is 1. The number of rotatable bonds is 5. The summed E-state index contributed by atoms with van der Waals surface area (Å²) in [6.45, 7) is 0. The minimum atomic E-state index is -3.35. The Morgan fingerprint density at radius 1 is 1.00 bits per heavy atom. The zero-order valence-corrected chi connectivity index (χ0v) is 19.1. The highest BCUT2D eigenvalue weighted by atomic mass is 35.5. The summed E-state index contributed by atoms with van der Waals surface area (Å²) in [7, 11) is -3.35. The van der Waals surface area contributed by atoms with Crippen molar-refractivity contribution in [1.82, 2.24) is 4.98 Å². The second-order valence-corrected chi connectivity index (χ2v) is 10.4. The maximum absolute atomic E-state index is 13.4. The molecule has 3 aromatic carbocycles. The van der Waals surface area contributed by atoms with Gasteiger partial charge in [-0.05, 0) is 48.0 Å². The van der Waals surface area contributed by atoms with E-state index in [1.807, 2.05) is 0 Å². The number of nitrogens with zero attached hydrogens (tertiary/aromatic N) is 1. The Bertz CT molecular complexity index is 1400. The number of thiazole rings is 1. The molecule has 1 N–H and O–H groups in total. The fraction of sp³-hybridized carbons (Fsp3) is 0.0435. The lowest BCUT2D eigenvalue weighted by atomic mass is 10.1. The molecule has 4 aromatic rings. The first kappa shape index (κ1) is 22.1. The van der Waals surface area contributed by atoms with Gasteiger partial charge < -0.3 is 5.32 Å². The molecule has 162 valence electrons. The smallest absolute Gasteiger partial charge is 0.284 e. The van der Waals surface area contributed by atoms with Crippen LogP contribution in [0.3, 0.4) is 0 Å². The summed E-state index contributed by atoms with van der Waals surface area (Å²) in [5, 5.41) is 3.45. The Kier molecular flexibility index (Phi) is 6.10. The second-order valence-electron chi connectivity index (χ2n) is 6.96. The highest BCUT2D eigenvalue weighted by Gasteiger charge is 2.20. The summed E-state index contributed by atoms with van der Waals surface area (Å²) >= 11 is 7.14. The van der Waals surface area contributed by atoms with Crippen LogP contribution >= 0.6 is 22.9 Å². The van der Waals surface area contributed by atoms with E-state index in [4.69, 9.17) is 11.6 Å². The molecule has 1 amide bonds. The zero-order valence-electron chi connectivity index (χ0n) is 16.7. The predicted octanol–water partition coefficient (Wildman–Crippen LogP) is 5.93. The number of anilines is 1. The normalized spacial score (nSPS) is 11.3. The van der Waals surface area contributed by atoms with E-state index in [1.54, 1.807) is 48.5 Å². The fourth-order valence-electron chi connectivity index (χ4n) is 3.02. The lowest BCUT2D eigenvalue weighted by Gasteiger charge is -2.04. The minimum Gasteiger partial charge on any atom is -0.320 e. The van der Waals surface area contributed by atoms with Gasteiger partial charge in [0.05, 0.1) is 15.5 Å². The highest BCUT2D eigenvalue weighted by Crippen LogP contribution is 2.37. The van der Waals surface area contributed by atoms with Crippen molar-refractivity contribution in [3.63, 3.8) is 0 Å². The Hall–Kier alpha value is -3.07. The van der Waals surface area contributed by atoms with Gasteiger partial charge >= 0.3 is 0 Å². The lowest BCUT2D eigenvalue weighted by molar-refractivity contribution is 0.102. The average Bonchev–Trinajstić information content (AvgIpc) is 3.19. The van der Waals surface area contributed by atoms with Crippen LogP contribution in [0.5, 0.6) is 0 Å². The van der Waals surface area contributed by atoms with Crippen LogP contribution in [0.25, 0.3) is 21.7 Å². The Morgan fingerprint density at radius 2 is 1.66 bits per heavy atom. The third-order valence-electron chi connectivity index (χ3n) is 4.57. The highest BCUT2D eigenvalue weighted by molar-refractivity contribution is 7.90. The maximum Gasteiger partial charge on any atom is 0.284 e. The van der Waals surface area contributed by atoms with Gasteiger partial charge in [-0.3, -0.25) is 4.79 Å². The molecule has 0 aliphatic rings. The van der Waals surface area contributed by atoms with Crippen LogP contribution in [0.2, 0.25) is 5.02 Å². The largest absolute Gasteiger partial charge is 0.320 e. The van der Waals surface area contributed by atoms with Gasteiger partial charge in [-0.1, -0.05) is 41.9 Å². The molecule has 0 aliphatic heterocycles. The monoisotopic (exact) mass is 486 g/mol. The van der Waals surface area contributed by atoms with Crippen molar-refractivity contribution in [2.45, 2.75) is 4.90 Å². The van der Waals surface area contributed by atoms with Gasteiger partial charge in [-0.25, -0.2) is 17.8 Å². The molecule has 1 heterocycles. The van der Waals surface area contributed by atoms with Crippen LogP contribution in [0.15, 0.2) is 77.7 Å². The second kappa shape index (κ2) is 8.82. The fourth-order valence-corrected chi connectivity index (χ4v) is 4.83. The summed E-state index contributed by atoms with van der Waals surface area (Å²) in [5.41, 5.74) is 2.35. The van der Waals surface area contributed by atoms with Crippen molar-refractivity contribution >= 4 is 44.4 Å². The van der Waals surface area contributed by atoms with Crippen LogP contribution in [-0.4, -0.2) is 25.6 Å². The van der Waals surface area contributed by atoms with Gasteiger partial charge in [-0.15, -0.1) is 11.3 Å². The summed E-state index contributed by atoms with van der Waals surface area (Å²) in [6.07, 6.45) is 1.13. The van der Waals surface area contributed by atoms with E-state index in [2.05, 4.69) is 10.3 Å². The van der Waals surface area contributed by atoms with E-state index in [9.17, 15) is 17.6 Å². The maximum atomic E-state index is 13.4. The van der Waals surface area contributed by atoms with Crippen molar-refractivity contribution in [2.75, 3.05) is 11.6 Å². The summed E-state index contributed by atoms with van der Waals surface area (Å²) < 4.78 is 37.0. The van der Waals surface area contributed by atoms with E-state index < -0.39 is 15.7 Å². The standard InChI is InChI=1S/C23H16ClFN2O3S2/c1-32(29,30)19-11-7-14(8-12-19)20-21(15-5-9-17(25)10-6-15)31-23(27-20)22(28)26-18-4-2-3-16(24)13-18/h2-13H,1H3,(H,26,28). The van der Waals surface area contributed by atoms with Crippen LogP contribution in [-0.2, 0) is 9.84 Å². The molecular formula is C23H16ClFN2O3S2. The predicted molar refractivity (Wildman–Crippen MR) is 125 cm³/mol. The molecule has 32 heavy (non-hydrogen) atoms. The number of sulfone groups is 1. The van der Waals surface area contributed by atoms with E-state index in [1.165, 1.54) is 24.3 Å². The molecule has 0 unspecified atom stereocenters.